The Morgan fingerprint density at radius 1 is 1.25 bits per heavy atom. The first-order valence-electron chi connectivity index (χ1n) is 5.94. The Labute approximate surface area is 96.2 Å². The van der Waals surface area contributed by atoms with Gasteiger partial charge in [-0.05, 0) is 12.8 Å². The van der Waals surface area contributed by atoms with Crippen LogP contribution in [0, 0.1) is 5.41 Å². The summed E-state index contributed by atoms with van der Waals surface area (Å²) in [6, 6.07) is 0. The van der Waals surface area contributed by atoms with Gasteiger partial charge in [-0.25, -0.2) is 4.98 Å². The number of ether oxygens (including phenoxy) is 1. The lowest BCUT2D eigenvalue weighted by molar-refractivity contribution is 0.102. The molecule has 88 valence electrons. The fourth-order valence-corrected chi connectivity index (χ4v) is 2.30. The zero-order valence-corrected chi connectivity index (χ0v) is 9.56. The topological polar surface area (TPSA) is 61.0 Å². The maximum atomic E-state index is 5.89. The van der Waals surface area contributed by atoms with Crippen LogP contribution in [0.4, 0.5) is 0 Å². The molecule has 0 bridgehead atoms. The molecule has 4 heteroatoms. The smallest absolute Gasteiger partial charge is 0.232 e. The van der Waals surface area contributed by atoms with Crippen LogP contribution in [0.3, 0.4) is 0 Å². The average Bonchev–Trinajstić information content (AvgIpc) is 2.39. The molecule has 1 saturated carbocycles. The van der Waals surface area contributed by atoms with Crippen molar-refractivity contribution >= 4 is 0 Å². The van der Waals surface area contributed by atoms with Crippen molar-refractivity contribution < 1.29 is 4.74 Å². The molecule has 2 rings (SSSR count). The lowest BCUT2D eigenvalue weighted by atomic mass is 9.75. The second-order valence-corrected chi connectivity index (χ2v) is 4.60. The third-order valence-corrected chi connectivity index (χ3v) is 3.41. The Balaban J connectivity index is 1.92. The summed E-state index contributed by atoms with van der Waals surface area (Å²) < 4.78 is 5.69. The lowest BCUT2D eigenvalue weighted by Crippen LogP contribution is -2.38. The molecule has 0 atom stereocenters. The van der Waals surface area contributed by atoms with Crippen LogP contribution in [0.15, 0.2) is 18.6 Å². The number of aromatic nitrogens is 2. The predicted molar refractivity (Wildman–Crippen MR) is 62.1 cm³/mol. The summed E-state index contributed by atoms with van der Waals surface area (Å²) in [6.45, 7) is 1.37. The van der Waals surface area contributed by atoms with Crippen LogP contribution in [0.2, 0.25) is 0 Å². The molecule has 2 N–H and O–H groups in total. The fraction of sp³-hybridized carbons (Fsp3) is 0.667. The molecule has 4 nitrogen and oxygen atoms in total. The largest absolute Gasteiger partial charge is 0.476 e. The molecule has 0 amide bonds. The summed E-state index contributed by atoms with van der Waals surface area (Å²) in [5, 5.41) is 0. The Hall–Kier alpha value is -1.16. The minimum Gasteiger partial charge on any atom is -0.476 e. The number of nitrogens with zero attached hydrogens (tertiary/aromatic N) is 2. The summed E-state index contributed by atoms with van der Waals surface area (Å²) >= 11 is 0. The van der Waals surface area contributed by atoms with Gasteiger partial charge in [0, 0.05) is 24.4 Å². The Morgan fingerprint density at radius 3 is 2.69 bits per heavy atom. The molecule has 0 saturated heterocycles. The predicted octanol–water partition coefficient (Wildman–Crippen LogP) is 1.76. The van der Waals surface area contributed by atoms with Crippen molar-refractivity contribution in [1.82, 2.24) is 9.97 Å². The molecule has 1 aromatic rings. The van der Waals surface area contributed by atoms with Crippen molar-refractivity contribution in [2.24, 2.45) is 11.1 Å². The summed E-state index contributed by atoms with van der Waals surface area (Å²) in [5.41, 5.74) is 6.05. The fourth-order valence-electron chi connectivity index (χ4n) is 2.30. The third kappa shape index (κ3) is 2.70. The van der Waals surface area contributed by atoms with Gasteiger partial charge in [0.05, 0.1) is 12.8 Å². The summed E-state index contributed by atoms with van der Waals surface area (Å²) in [5.74, 6) is 0.598. The van der Waals surface area contributed by atoms with Crippen LogP contribution < -0.4 is 10.5 Å². The molecule has 16 heavy (non-hydrogen) atoms. The molecular formula is C12H19N3O. The van der Waals surface area contributed by atoms with E-state index in [1.807, 2.05) is 0 Å². The van der Waals surface area contributed by atoms with Gasteiger partial charge in [-0.15, -0.1) is 0 Å². The second-order valence-electron chi connectivity index (χ2n) is 4.60. The zero-order valence-electron chi connectivity index (χ0n) is 9.56. The first kappa shape index (κ1) is 11.3. The van der Waals surface area contributed by atoms with E-state index in [1.165, 1.54) is 32.1 Å². The van der Waals surface area contributed by atoms with E-state index in [4.69, 9.17) is 10.5 Å². The molecule has 0 spiro atoms. The van der Waals surface area contributed by atoms with Crippen molar-refractivity contribution in [1.29, 1.82) is 0 Å². The molecule has 0 unspecified atom stereocenters. The summed E-state index contributed by atoms with van der Waals surface area (Å²) in [4.78, 5) is 8.08. The van der Waals surface area contributed by atoms with Crippen LogP contribution >= 0.6 is 0 Å². The van der Waals surface area contributed by atoms with Gasteiger partial charge in [-0.3, -0.25) is 4.98 Å². The molecule has 1 heterocycles. The van der Waals surface area contributed by atoms with Gasteiger partial charge in [0.25, 0.3) is 0 Å². The van der Waals surface area contributed by atoms with Crippen LogP contribution in [0.1, 0.15) is 32.1 Å². The van der Waals surface area contributed by atoms with Crippen LogP contribution in [0.25, 0.3) is 0 Å². The van der Waals surface area contributed by atoms with E-state index < -0.39 is 0 Å². The van der Waals surface area contributed by atoms with Crippen molar-refractivity contribution in [3.63, 3.8) is 0 Å². The normalized spacial score (nSPS) is 19.3. The highest BCUT2D eigenvalue weighted by Gasteiger charge is 2.31. The van der Waals surface area contributed by atoms with Crippen LogP contribution in [0.5, 0.6) is 5.88 Å². The van der Waals surface area contributed by atoms with Crippen molar-refractivity contribution in [2.45, 2.75) is 32.1 Å². The summed E-state index contributed by atoms with van der Waals surface area (Å²) in [6.07, 6.45) is 11.1. The Morgan fingerprint density at radius 2 is 2.06 bits per heavy atom. The van der Waals surface area contributed by atoms with Crippen LogP contribution in [-0.2, 0) is 0 Å². The highest BCUT2D eigenvalue weighted by atomic mass is 16.5. The molecule has 0 aliphatic heterocycles. The monoisotopic (exact) mass is 221 g/mol. The van der Waals surface area contributed by atoms with Gasteiger partial charge in [-0.2, -0.15) is 0 Å². The SMILES string of the molecule is NCC1(COc2cnccn2)CCCCC1. The molecule has 1 aliphatic carbocycles. The first-order chi connectivity index (χ1) is 7.85. The lowest BCUT2D eigenvalue weighted by Gasteiger charge is -2.35. The second kappa shape index (κ2) is 5.25. The van der Waals surface area contributed by atoms with E-state index in [0.717, 1.165) is 0 Å². The van der Waals surface area contributed by atoms with Crippen molar-refractivity contribution in [3.8, 4) is 5.88 Å². The Kier molecular flexibility index (Phi) is 3.72. The third-order valence-electron chi connectivity index (χ3n) is 3.41. The quantitative estimate of drug-likeness (QED) is 0.841. The standard InChI is InChI=1S/C12H19N3O/c13-9-12(4-2-1-3-5-12)10-16-11-8-14-6-7-15-11/h6-8H,1-5,9-10,13H2. The van der Waals surface area contributed by atoms with E-state index >= 15 is 0 Å². The van der Waals surface area contributed by atoms with Gasteiger partial charge in [0.2, 0.25) is 5.88 Å². The number of hydrogen-bond donors (Lipinski definition) is 1. The molecule has 0 aromatic carbocycles. The van der Waals surface area contributed by atoms with Gasteiger partial charge in [-0.1, -0.05) is 19.3 Å². The minimum atomic E-state index is 0.162. The highest BCUT2D eigenvalue weighted by Crippen LogP contribution is 2.35. The average molecular weight is 221 g/mol. The molecular weight excluding hydrogens is 202 g/mol. The molecule has 1 aliphatic rings. The maximum Gasteiger partial charge on any atom is 0.232 e. The van der Waals surface area contributed by atoms with E-state index in [2.05, 4.69) is 9.97 Å². The van der Waals surface area contributed by atoms with E-state index in [9.17, 15) is 0 Å². The molecule has 1 fully saturated rings. The maximum absolute atomic E-state index is 5.89. The number of hydrogen-bond acceptors (Lipinski definition) is 4. The van der Waals surface area contributed by atoms with Gasteiger partial charge < -0.3 is 10.5 Å². The van der Waals surface area contributed by atoms with Gasteiger partial charge in [0.1, 0.15) is 0 Å². The van der Waals surface area contributed by atoms with E-state index in [0.29, 0.717) is 19.0 Å². The van der Waals surface area contributed by atoms with E-state index in [-0.39, 0.29) is 5.41 Å². The number of rotatable bonds is 4. The molecule has 0 radical (unpaired) electrons. The van der Waals surface area contributed by atoms with Crippen molar-refractivity contribution in [2.75, 3.05) is 13.2 Å². The van der Waals surface area contributed by atoms with E-state index in [1.54, 1.807) is 18.6 Å². The minimum absolute atomic E-state index is 0.162. The molecule has 1 aromatic heterocycles. The Bertz CT molecular complexity index is 309. The first-order valence-corrected chi connectivity index (χ1v) is 5.94. The highest BCUT2D eigenvalue weighted by molar-refractivity contribution is 5.02. The number of nitrogens with two attached hydrogens (primary N) is 1. The zero-order chi connectivity index (χ0) is 11.3. The van der Waals surface area contributed by atoms with Gasteiger partial charge >= 0.3 is 0 Å². The van der Waals surface area contributed by atoms with Crippen molar-refractivity contribution in [3.05, 3.63) is 18.6 Å². The van der Waals surface area contributed by atoms with Crippen LogP contribution in [-0.4, -0.2) is 23.1 Å². The summed E-state index contributed by atoms with van der Waals surface area (Å²) in [7, 11) is 0. The van der Waals surface area contributed by atoms with Gasteiger partial charge in [0.15, 0.2) is 0 Å².